The van der Waals surface area contributed by atoms with Gasteiger partial charge in [-0.25, -0.2) is 9.78 Å². The molecule has 0 aliphatic rings. The third kappa shape index (κ3) is 5.81. The maximum absolute atomic E-state index is 12.4. The minimum absolute atomic E-state index is 0.297. The molecule has 7 nitrogen and oxygen atoms in total. The fourth-order valence-corrected chi connectivity index (χ4v) is 3.14. The molecular formula is C22H22N2O5S. The van der Waals surface area contributed by atoms with Crippen LogP contribution in [-0.4, -0.2) is 30.1 Å². The van der Waals surface area contributed by atoms with Crippen LogP contribution in [0.15, 0.2) is 53.9 Å². The first-order valence-corrected chi connectivity index (χ1v) is 10.1. The van der Waals surface area contributed by atoms with Crippen molar-refractivity contribution in [1.82, 2.24) is 4.98 Å². The summed E-state index contributed by atoms with van der Waals surface area (Å²) in [6.45, 7) is 3.75. The average molecular weight is 426 g/mol. The van der Waals surface area contributed by atoms with Gasteiger partial charge in [0, 0.05) is 11.1 Å². The van der Waals surface area contributed by atoms with Crippen molar-refractivity contribution in [3.05, 3.63) is 70.2 Å². The van der Waals surface area contributed by atoms with E-state index in [-0.39, 0.29) is 0 Å². The van der Waals surface area contributed by atoms with E-state index in [9.17, 15) is 9.59 Å². The van der Waals surface area contributed by atoms with E-state index < -0.39 is 18.0 Å². The SMILES string of the molecule is COc1ccc(NC(=O)C(C)OC(=O)c2cccc(OCc3csc(C)n3)c2)cc1. The third-order valence-electron chi connectivity index (χ3n) is 4.13. The number of nitrogens with one attached hydrogen (secondary N) is 1. The number of aryl methyl sites for hydroxylation is 1. The van der Waals surface area contributed by atoms with Crippen molar-refractivity contribution in [1.29, 1.82) is 0 Å². The Kier molecular flexibility index (Phi) is 7.03. The Hall–Kier alpha value is -3.39. The molecule has 1 unspecified atom stereocenters. The van der Waals surface area contributed by atoms with Crippen LogP contribution in [0.2, 0.25) is 0 Å². The molecule has 0 aliphatic heterocycles. The zero-order chi connectivity index (χ0) is 21.5. The van der Waals surface area contributed by atoms with Crippen LogP contribution in [0.25, 0.3) is 0 Å². The number of nitrogens with zero attached hydrogens (tertiary/aromatic N) is 1. The summed E-state index contributed by atoms with van der Waals surface area (Å²) in [4.78, 5) is 29.1. The van der Waals surface area contributed by atoms with Gasteiger partial charge in [0.05, 0.1) is 23.4 Å². The molecular weight excluding hydrogens is 404 g/mol. The van der Waals surface area contributed by atoms with Crippen molar-refractivity contribution in [2.75, 3.05) is 12.4 Å². The molecule has 0 saturated heterocycles. The average Bonchev–Trinajstić information content (AvgIpc) is 3.18. The van der Waals surface area contributed by atoms with Crippen molar-refractivity contribution in [3.63, 3.8) is 0 Å². The number of thiazole rings is 1. The zero-order valence-corrected chi connectivity index (χ0v) is 17.7. The first kappa shape index (κ1) is 21.3. The fourth-order valence-electron chi connectivity index (χ4n) is 2.55. The summed E-state index contributed by atoms with van der Waals surface area (Å²) in [5, 5.41) is 5.59. The molecule has 0 spiro atoms. The highest BCUT2D eigenvalue weighted by Crippen LogP contribution is 2.18. The van der Waals surface area contributed by atoms with Crippen molar-refractivity contribution in [2.24, 2.45) is 0 Å². The van der Waals surface area contributed by atoms with E-state index in [1.807, 2.05) is 12.3 Å². The third-order valence-corrected chi connectivity index (χ3v) is 4.96. The molecule has 1 amide bonds. The van der Waals surface area contributed by atoms with Gasteiger partial charge in [-0.2, -0.15) is 0 Å². The van der Waals surface area contributed by atoms with Gasteiger partial charge in [0.15, 0.2) is 6.10 Å². The van der Waals surface area contributed by atoms with E-state index in [0.717, 1.165) is 10.7 Å². The Balaban J connectivity index is 1.55. The molecule has 30 heavy (non-hydrogen) atoms. The van der Waals surface area contributed by atoms with Gasteiger partial charge in [0.2, 0.25) is 0 Å². The maximum Gasteiger partial charge on any atom is 0.339 e. The Labute approximate surface area is 178 Å². The van der Waals surface area contributed by atoms with Crippen LogP contribution in [0.5, 0.6) is 11.5 Å². The summed E-state index contributed by atoms with van der Waals surface area (Å²) in [5.41, 5.74) is 1.71. The quantitative estimate of drug-likeness (QED) is 0.543. The molecule has 3 rings (SSSR count). The van der Waals surface area contributed by atoms with Crippen LogP contribution in [0.1, 0.15) is 28.0 Å². The summed E-state index contributed by atoms with van der Waals surface area (Å²) in [7, 11) is 1.56. The number of esters is 1. The maximum atomic E-state index is 12.4. The van der Waals surface area contributed by atoms with Gasteiger partial charge >= 0.3 is 5.97 Å². The summed E-state index contributed by atoms with van der Waals surface area (Å²) in [6, 6.07) is 13.5. The summed E-state index contributed by atoms with van der Waals surface area (Å²) in [5.74, 6) is 0.159. The first-order chi connectivity index (χ1) is 14.4. The first-order valence-electron chi connectivity index (χ1n) is 9.24. The topological polar surface area (TPSA) is 86.8 Å². The molecule has 1 N–H and O–H groups in total. The van der Waals surface area contributed by atoms with Gasteiger partial charge in [-0.05, 0) is 56.3 Å². The lowest BCUT2D eigenvalue weighted by Crippen LogP contribution is -2.30. The highest BCUT2D eigenvalue weighted by Gasteiger charge is 2.19. The number of rotatable bonds is 8. The Bertz CT molecular complexity index is 1020. The van der Waals surface area contributed by atoms with Crippen molar-refractivity contribution in [3.8, 4) is 11.5 Å². The van der Waals surface area contributed by atoms with E-state index in [1.54, 1.807) is 67.0 Å². The van der Waals surface area contributed by atoms with E-state index in [2.05, 4.69) is 10.3 Å². The largest absolute Gasteiger partial charge is 0.497 e. The lowest BCUT2D eigenvalue weighted by molar-refractivity contribution is -0.123. The zero-order valence-electron chi connectivity index (χ0n) is 16.9. The van der Waals surface area contributed by atoms with Crippen molar-refractivity contribution in [2.45, 2.75) is 26.6 Å². The summed E-state index contributed by atoms with van der Waals surface area (Å²) < 4.78 is 16.1. The number of carbonyl (C=O) groups excluding carboxylic acids is 2. The number of benzene rings is 2. The highest BCUT2D eigenvalue weighted by atomic mass is 32.1. The lowest BCUT2D eigenvalue weighted by atomic mass is 10.2. The Morgan fingerprint density at radius 3 is 2.57 bits per heavy atom. The molecule has 0 fully saturated rings. The Morgan fingerprint density at radius 1 is 1.13 bits per heavy atom. The van der Waals surface area contributed by atoms with Gasteiger partial charge in [-0.3, -0.25) is 4.79 Å². The number of methoxy groups -OCH3 is 1. The van der Waals surface area contributed by atoms with Gasteiger partial charge in [-0.1, -0.05) is 6.07 Å². The predicted molar refractivity (Wildman–Crippen MR) is 114 cm³/mol. The van der Waals surface area contributed by atoms with Crippen LogP contribution in [-0.2, 0) is 16.1 Å². The standard InChI is InChI=1S/C22H22N2O5S/c1-14(21(25)24-17-7-9-19(27-3)10-8-17)29-22(26)16-5-4-6-20(11-16)28-12-18-13-30-15(2)23-18/h4-11,13-14H,12H2,1-3H3,(H,24,25). The minimum Gasteiger partial charge on any atom is -0.497 e. The van der Waals surface area contributed by atoms with Gasteiger partial charge in [0.25, 0.3) is 5.91 Å². The summed E-state index contributed by atoms with van der Waals surface area (Å²) >= 11 is 1.55. The second kappa shape index (κ2) is 9.89. The van der Waals surface area contributed by atoms with Crippen LogP contribution in [0.3, 0.4) is 0 Å². The molecule has 0 bridgehead atoms. The van der Waals surface area contributed by atoms with Gasteiger partial charge < -0.3 is 19.5 Å². The normalized spacial score (nSPS) is 11.4. The van der Waals surface area contributed by atoms with Crippen LogP contribution >= 0.6 is 11.3 Å². The second-order valence-corrected chi connectivity index (χ2v) is 7.50. The van der Waals surface area contributed by atoms with Gasteiger partial charge in [-0.15, -0.1) is 11.3 Å². The van der Waals surface area contributed by atoms with E-state index >= 15 is 0 Å². The minimum atomic E-state index is -0.970. The van der Waals surface area contributed by atoms with E-state index in [1.165, 1.54) is 6.92 Å². The van der Waals surface area contributed by atoms with Crippen LogP contribution < -0.4 is 14.8 Å². The number of hydrogen-bond acceptors (Lipinski definition) is 7. The van der Waals surface area contributed by atoms with E-state index in [0.29, 0.717) is 29.4 Å². The molecule has 8 heteroatoms. The van der Waals surface area contributed by atoms with Crippen molar-refractivity contribution < 1.29 is 23.8 Å². The van der Waals surface area contributed by atoms with Crippen LogP contribution in [0.4, 0.5) is 5.69 Å². The molecule has 1 aromatic heterocycles. The van der Waals surface area contributed by atoms with Gasteiger partial charge in [0.1, 0.15) is 18.1 Å². The second-order valence-electron chi connectivity index (χ2n) is 6.44. The number of anilines is 1. The number of hydrogen-bond donors (Lipinski definition) is 1. The highest BCUT2D eigenvalue weighted by molar-refractivity contribution is 7.09. The summed E-state index contributed by atoms with van der Waals surface area (Å²) in [6.07, 6.45) is -0.970. The lowest BCUT2D eigenvalue weighted by Gasteiger charge is -2.14. The molecule has 3 aromatic rings. The molecule has 1 atom stereocenters. The fraction of sp³-hybridized carbons (Fsp3) is 0.227. The molecule has 0 aliphatic carbocycles. The molecule has 156 valence electrons. The molecule has 1 heterocycles. The molecule has 2 aromatic carbocycles. The Morgan fingerprint density at radius 2 is 1.90 bits per heavy atom. The van der Waals surface area contributed by atoms with E-state index in [4.69, 9.17) is 14.2 Å². The molecule has 0 radical (unpaired) electrons. The number of amides is 1. The number of aromatic nitrogens is 1. The monoisotopic (exact) mass is 426 g/mol. The van der Waals surface area contributed by atoms with Crippen LogP contribution in [0, 0.1) is 6.92 Å². The smallest absolute Gasteiger partial charge is 0.339 e. The van der Waals surface area contributed by atoms with Crippen molar-refractivity contribution >= 4 is 28.9 Å². The molecule has 0 saturated carbocycles. The number of ether oxygens (including phenoxy) is 3. The predicted octanol–water partition coefficient (Wildman–Crippen LogP) is 4.22. The number of carbonyl (C=O) groups is 2.